The van der Waals surface area contributed by atoms with Crippen molar-refractivity contribution in [1.29, 1.82) is 0 Å². The number of sulfonamides is 1. The second-order valence-electron chi connectivity index (χ2n) is 9.06. The zero-order valence-corrected chi connectivity index (χ0v) is 19.2. The van der Waals surface area contributed by atoms with E-state index in [-0.39, 0.29) is 29.7 Å². The highest BCUT2D eigenvalue weighted by Gasteiger charge is 2.41. The van der Waals surface area contributed by atoms with Gasteiger partial charge in [0.15, 0.2) is 0 Å². The summed E-state index contributed by atoms with van der Waals surface area (Å²) in [6.45, 7) is 6.76. The summed E-state index contributed by atoms with van der Waals surface area (Å²) in [6, 6.07) is 13.1. The average Bonchev–Trinajstić information content (AvgIpc) is 2.72. The topological polar surface area (TPSA) is 66.5 Å². The average molecular weight is 447 g/mol. The van der Waals surface area contributed by atoms with Crippen molar-refractivity contribution in [3.8, 4) is 0 Å². The second kappa shape index (κ2) is 9.49. The summed E-state index contributed by atoms with van der Waals surface area (Å²) >= 11 is 0. The fourth-order valence-corrected chi connectivity index (χ4v) is 5.65. The molecule has 1 aliphatic heterocycles. The van der Waals surface area contributed by atoms with E-state index in [0.717, 1.165) is 12.0 Å². The summed E-state index contributed by atoms with van der Waals surface area (Å²) < 4.78 is 41.2. The van der Waals surface area contributed by atoms with E-state index < -0.39 is 15.4 Å². The minimum Gasteiger partial charge on any atom is -0.352 e. The number of halogens is 1. The van der Waals surface area contributed by atoms with Crippen LogP contribution < -0.4 is 5.32 Å². The number of hydrogen-bond donors (Lipinski definition) is 1. The molecule has 0 bridgehead atoms. The third-order valence-electron chi connectivity index (χ3n) is 5.76. The minimum absolute atomic E-state index is 0.123. The van der Waals surface area contributed by atoms with Gasteiger partial charge < -0.3 is 5.32 Å². The van der Waals surface area contributed by atoms with Crippen LogP contribution in [0.4, 0.5) is 4.39 Å². The smallest absolute Gasteiger partial charge is 0.243 e. The summed E-state index contributed by atoms with van der Waals surface area (Å²) in [5, 5.41) is 2.85. The molecule has 0 aliphatic carbocycles. The van der Waals surface area contributed by atoms with Gasteiger partial charge in [-0.05, 0) is 67.5 Å². The number of carbonyl (C=O) groups is 1. The van der Waals surface area contributed by atoms with Crippen LogP contribution in [-0.4, -0.2) is 31.7 Å². The number of carbonyl (C=O) groups excluding carboxylic acids is 1. The van der Waals surface area contributed by atoms with Crippen LogP contribution in [0.3, 0.4) is 0 Å². The summed E-state index contributed by atoms with van der Waals surface area (Å²) in [6.07, 6.45) is 2.10. The minimum atomic E-state index is -3.68. The van der Waals surface area contributed by atoms with Gasteiger partial charge in [-0.25, -0.2) is 12.8 Å². The maximum absolute atomic E-state index is 13.4. The molecule has 1 saturated heterocycles. The van der Waals surface area contributed by atoms with E-state index in [0.29, 0.717) is 30.9 Å². The van der Waals surface area contributed by atoms with E-state index in [9.17, 15) is 17.6 Å². The summed E-state index contributed by atoms with van der Waals surface area (Å²) in [5.41, 5.74) is 0.934. The maximum atomic E-state index is 13.4. The van der Waals surface area contributed by atoms with Crippen LogP contribution in [0.25, 0.3) is 0 Å². The van der Waals surface area contributed by atoms with Crippen molar-refractivity contribution >= 4 is 15.9 Å². The van der Waals surface area contributed by atoms with Crippen molar-refractivity contribution in [1.82, 2.24) is 9.62 Å². The molecule has 0 radical (unpaired) electrons. The molecule has 168 valence electrons. The van der Waals surface area contributed by atoms with Gasteiger partial charge in [-0.2, -0.15) is 4.31 Å². The highest BCUT2D eigenvalue weighted by molar-refractivity contribution is 7.89. The van der Waals surface area contributed by atoms with Gasteiger partial charge in [-0.1, -0.05) is 38.1 Å². The molecule has 5 nitrogen and oxygen atoms in total. The Morgan fingerprint density at radius 3 is 2.52 bits per heavy atom. The quantitative estimate of drug-likeness (QED) is 0.695. The number of piperidine rings is 1. The molecule has 0 saturated carbocycles. The lowest BCUT2D eigenvalue weighted by atomic mass is 9.82. The number of nitrogens with one attached hydrogen (secondary N) is 1. The number of nitrogens with zero attached hydrogens (tertiary/aromatic N) is 1. The molecule has 3 rings (SSSR count). The molecule has 2 aromatic carbocycles. The van der Waals surface area contributed by atoms with Gasteiger partial charge in [-0.3, -0.25) is 4.79 Å². The Morgan fingerprint density at radius 2 is 1.87 bits per heavy atom. The number of benzene rings is 2. The van der Waals surface area contributed by atoms with Crippen LogP contribution >= 0.6 is 0 Å². The van der Waals surface area contributed by atoms with E-state index in [4.69, 9.17) is 0 Å². The molecule has 1 amide bonds. The van der Waals surface area contributed by atoms with E-state index in [2.05, 4.69) is 19.2 Å². The molecule has 31 heavy (non-hydrogen) atoms. The van der Waals surface area contributed by atoms with Crippen molar-refractivity contribution in [2.45, 2.75) is 51.5 Å². The van der Waals surface area contributed by atoms with Crippen LogP contribution in [0.1, 0.15) is 44.7 Å². The summed E-state index contributed by atoms with van der Waals surface area (Å²) in [5.74, 6) is -0.0765. The zero-order valence-electron chi connectivity index (χ0n) is 18.4. The number of hydrogen-bond acceptors (Lipinski definition) is 3. The molecular weight excluding hydrogens is 415 g/mol. The lowest BCUT2D eigenvalue weighted by Gasteiger charge is -2.38. The fourth-order valence-electron chi connectivity index (χ4n) is 4.04. The standard InChI is InChI=1S/C24H31FN2O3S/c1-18(2)14-19-8-10-22(11-9-19)31(29,30)27-13-5-12-24(3,17-27)23(28)26-16-20-6-4-7-21(25)15-20/h4,6-11,15,18H,5,12-14,16-17H2,1-3H3,(H,26,28)/t24-/m1/s1. The fraction of sp³-hybridized carbons (Fsp3) is 0.458. The highest BCUT2D eigenvalue weighted by atomic mass is 32.2. The van der Waals surface area contributed by atoms with Gasteiger partial charge in [0.05, 0.1) is 10.3 Å². The van der Waals surface area contributed by atoms with Crippen molar-refractivity contribution in [3.05, 3.63) is 65.5 Å². The zero-order chi connectivity index (χ0) is 22.6. The SMILES string of the molecule is CC(C)Cc1ccc(S(=O)(=O)N2CCC[C@@](C)(C(=O)NCc3cccc(F)c3)C2)cc1. The number of amides is 1. The van der Waals surface area contributed by atoms with E-state index in [1.807, 2.05) is 12.1 Å². The molecule has 1 aliphatic rings. The van der Waals surface area contributed by atoms with Crippen LogP contribution in [0.2, 0.25) is 0 Å². The van der Waals surface area contributed by atoms with Crippen LogP contribution in [-0.2, 0) is 27.8 Å². The lowest BCUT2D eigenvalue weighted by molar-refractivity contribution is -0.132. The predicted molar refractivity (Wildman–Crippen MR) is 119 cm³/mol. The Kier molecular flexibility index (Phi) is 7.17. The van der Waals surface area contributed by atoms with Crippen molar-refractivity contribution < 1.29 is 17.6 Å². The third-order valence-corrected chi connectivity index (χ3v) is 7.62. The van der Waals surface area contributed by atoms with Crippen LogP contribution in [0.5, 0.6) is 0 Å². The molecular formula is C24H31FN2O3S. The van der Waals surface area contributed by atoms with E-state index in [1.165, 1.54) is 16.4 Å². The van der Waals surface area contributed by atoms with Gasteiger partial charge in [0.2, 0.25) is 15.9 Å². The highest BCUT2D eigenvalue weighted by Crippen LogP contribution is 2.33. The first-order valence-corrected chi connectivity index (χ1v) is 12.2. The van der Waals surface area contributed by atoms with Gasteiger partial charge in [0, 0.05) is 19.6 Å². The molecule has 1 heterocycles. The largest absolute Gasteiger partial charge is 0.352 e. The Bertz CT molecular complexity index is 1020. The number of rotatable bonds is 7. The second-order valence-corrected chi connectivity index (χ2v) is 11.0. The summed E-state index contributed by atoms with van der Waals surface area (Å²) in [4.78, 5) is 13.2. The Balaban J connectivity index is 1.69. The Morgan fingerprint density at radius 1 is 1.16 bits per heavy atom. The first-order valence-electron chi connectivity index (χ1n) is 10.7. The van der Waals surface area contributed by atoms with Crippen molar-refractivity contribution in [2.24, 2.45) is 11.3 Å². The van der Waals surface area contributed by atoms with E-state index in [1.54, 1.807) is 31.2 Å². The predicted octanol–water partition coefficient (Wildman–Crippen LogP) is 4.13. The molecule has 1 N–H and O–H groups in total. The molecule has 7 heteroatoms. The third kappa shape index (κ3) is 5.71. The Labute approximate surface area is 184 Å². The Hall–Kier alpha value is -2.25. The molecule has 0 aromatic heterocycles. The summed E-state index contributed by atoms with van der Waals surface area (Å²) in [7, 11) is -3.68. The first kappa shape index (κ1) is 23.4. The van der Waals surface area contributed by atoms with Gasteiger partial charge in [-0.15, -0.1) is 0 Å². The normalized spacial score (nSPS) is 20.0. The monoisotopic (exact) mass is 446 g/mol. The van der Waals surface area contributed by atoms with Crippen LogP contribution in [0, 0.1) is 17.2 Å². The maximum Gasteiger partial charge on any atom is 0.243 e. The van der Waals surface area contributed by atoms with Crippen LogP contribution in [0.15, 0.2) is 53.4 Å². The lowest BCUT2D eigenvalue weighted by Crippen LogP contribution is -2.51. The molecule has 0 spiro atoms. The molecule has 1 atom stereocenters. The molecule has 1 fully saturated rings. The van der Waals surface area contributed by atoms with Gasteiger partial charge in [0.25, 0.3) is 0 Å². The van der Waals surface area contributed by atoms with Gasteiger partial charge in [0.1, 0.15) is 5.82 Å². The first-order chi connectivity index (χ1) is 14.6. The van der Waals surface area contributed by atoms with E-state index >= 15 is 0 Å². The molecule has 2 aromatic rings. The van der Waals surface area contributed by atoms with Crippen molar-refractivity contribution in [3.63, 3.8) is 0 Å². The molecule has 0 unspecified atom stereocenters. The van der Waals surface area contributed by atoms with Gasteiger partial charge >= 0.3 is 0 Å². The van der Waals surface area contributed by atoms with Crippen molar-refractivity contribution in [2.75, 3.05) is 13.1 Å².